The summed E-state index contributed by atoms with van der Waals surface area (Å²) in [6, 6.07) is 1.80. The molecule has 1 N–H and O–H groups in total. The third kappa shape index (κ3) is 1.58. The lowest BCUT2D eigenvalue weighted by Crippen LogP contribution is -2.10. The van der Waals surface area contributed by atoms with Crippen LogP contribution in [-0.2, 0) is 0 Å². The molecule has 1 heterocycles. The highest BCUT2D eigenvalue weighted by atomic mass is 16.4. The van der Waals surface area contributed by atoms with Gasteiger partial charge in [0.2, 0.25) is 0 Å². The van der Waals surface area contributed by atoms with Crippen LogP contribution in [-0.4, -0.2) is 23.9 Å². The maximum Gasteiger partial charge on any atom is 0.354 e. The van der Waals surface area contributed by atoms with Crippen molar-refractivity contribution in [3.8, 4) is 0 Å². The van der Waals surface area contributed by atoms with Crippen LogP contribution in [0.1, 0.15) is 16.1 Å². The number of aromatic nitrogens is 1. The van der Waals surface area contributed by atoms with Gasteiger partial charge >= 0.3 is 5.97 Å². The Balaban J connectivity index is 3.20. The first-order chi connectivity index (χ1) is 5.11. The molecule has 1 rings (SSSR count). The number of carboxylic acid groups (broad SMARTS) is 1. The molecule has 0 saturated carbocycles. The summed E-state index contributed by atoms with van der Waals surface area (Å²) in [5.41, 5.74) is 1.82. The minimum atomic E-state index is -0.970. The molecule has 0 spiro atoms. The second-order valence-electron chi connectivity index (χ2n) is 2.48. The molecule has 56 valence electrons. The van der Waals surface area contributed by atoms with Crippen molar-refractivity contribution >= 4 is 19.3 Å². The van der Waals surface area contributed by atoms with E-state index in [2.05, 4.69) is 4.98 Å². The van der Waals surface area contributed by atoms with Crippen LogP contribution < -0.4 is 5.46 Å². The van der Waals surface area contributed by atoms with E-state index in [0.717, 1.165) is 5.46 Å². The molecule has 0 saturated heterocycles. The quantitative estimate of drug-likeness (QED) is 0.539. The average Bonchev–Trinajstić information content (AvgIpc) is 1.85. The fourth-order valence-corrected chi connectivity index (χ4v) is 0.939. The van der Waals surface area contributed by atoms with Gasteiger partial charge in [0.1, 0.15) is 7.85 Å². The molecule has 0 radical (unpaired) electrons. The van der Waals surface area contributed by atoms with Crippen molar-refractivity contribution in [2.45, 2.75) is 6.92 Å². The molecule has 0 aliphatic carbocycles. The van der Waals surface area contributed by atoms with E-state index < -0.39 is 5.97 Å². The number of carbonyl (C=O) groups is 1. The summed E-state index contributed by atoms with van der Waals surface area (Å²) in [6.45, 7) is 1.74. The first kappa shape index (κ1) is 7.79. The molecule has 0 amide bonds. The van der Waals surface area contributed by atoms with Crippen LogP contribution >= 0.6 is 0 Å². The number of rotatable bonds is 1. The van der Waals surface area contributed by atoms with Crippen LogP contribution in [0.15, 0.2) is 12.3 Å². The predicted molar refractivity (Wildman–Crippen MR) is 44.1 cm³/mol. The van der Waals surface area contributed by atoms with Gasteiger partial charge < -0.3 is 5.11 Å². The van der Waals surface area contributed by atoms with Crippen molar-refractivity contribution in [1.29, 1.82) is 0 Å². The Morgan fingerprint density at radius 3 is 2.82 bits per heavy atom. The Morgan fingerprint density at radius 1 is 1.73 bits per heavy atom. The van der Waals surface area contributed by atoms with Gasteiger partial charge in [-0.3, -0.25) is 0 Å². The van der Waals surface area contributed by atoms with Gasteiger partial charge in [-0.2, -0.15) is 0 Å². The molecule has 0 unspecified atom stereocenters. The largest absolute Gasteiger partial charge is 0.477 e. The summed E-state index contributed by atoms with van der Waals surface area (Å²) in [5.74, 6) is -0.970. The van der Waals surface area contributed by atoms with Crippen molar-refractivity contribution in [2.24, 2.45) is 0 Å². The molecular formula is C7H8BNO2. The fourth-order valence-electron chi connectivity index (χ4n) is 0.939. The van der Waals surface area contributed by atoms with E-state index >= 15 is 0 Å². The first-order valence-corrected chi connectivity index (χ1v) is 3.28. The molecule has 3 nitrogen and oxygen atoms in total. The Bertz CT molecular complexity index is 298. The van der Waals surface area contributed by atoms with Gasteiger partial charge in [-0.05, 0) is 12.5 Å². The van der Waals surface area contributed by atoms with Crippen LogP contribution in [0, 0.1) is 6.92 Å². The molecule has 0 atom stereocenters. The van der Waals surface area contributed by atoms with Crippen LogP contribution in [0.25, 0.3) is 0 Å². The molecule has 0 bridgehead atoms. The molecule has 0 aliphatic rings. The Morgan fingerprint density at radius 2 is 2.36 bits per heavy atom. The SMILES string of the molecule is Bc1cnc(C(=O)O)c(C)c1. The summed E-state index contributed by atoms with van der Waals surface area (Å²) in [6.07, 6.45) is 1.55. The highest BCUT2D eigenvalue weighted by molar-refractivity contribution is 6.32. The topological polar surface area (TPSA) is 50.2 Å². The van der Waals surface area contributed by atoms with Crippen LogP contribution in [0.4, 0.5) is 0 Å². The lowest BCUT2D eigenvalue weighted by atomic mass is 9.96. The van der Waals surface area contributed by atoms with E-state index in [1.54, 1.807) is 19.2 Å². The molecular weight excluding hydrogens is 141 g/mol. The average molecular weight is 149 g/mol. The number of nitrogens with zero attached hydrogens (tertiary/aromatic N) is 1. The first-order valence-electron chi connectivity index (χ1n) is 3.28. The second-order valence-corrected chi connectivity index (χ2v) is 2.48. The van der Waals surface area contributed by atoms with E-state index in [1.807, 2.05) is 7.85 Å². The highest BCUT2D eigenvalue weighted by Gasteiger charge is 2.06. The Kier molecular flexibility index (Phi) is 1.94. The number of hydrogen-bond donors (Lipinski definition) is 1. The van der Waals surface area contributed by atoms with Crippen molar-refractivity contribution in [3.63, 3.8) is 0 Å². The predicted octanol–water partition coefficient (Wildman–Crippen LogP) is -0.653. The van der Waals surface area contributed by atoms with Gasteiger partial charge in [-0.15, -0.1) is 0 Å². The molecule has 4 heteroatoms. The number of pyridine rings is 1. The van der Waals surface area contributed by atoms with Crippen LogP contribution in [0.5, 0.6) is 0 Å². The van der Waals surface area contributed by atoms with Crippen molar-refractivity contribution in [3.05, 3.63) is 23.5 Å². The molecule has 1 aromatic rings. The summed E-state index contributed by atoms with van der Waals surface area (Å²) in [7, 11) is 1.88. The van der Waals surface area contributed by atoms with E-state index in [0.29, 0.717) is 5.56 Å². The van der Waals surface area contributed by atoms with Gasteiger partial charge in [0.15, 0.2) is 5.69 Å². The maximum absolute atomic E-state index is 10.5. The lowest BCUT2D eigenvalue weighted by Gasteiger charge is -1.99. The molecule has 0 fully saturated rings. The summed E-state index contributed by atoms with van der Waals surface area (Å²) in [5, 5.41) is 8.59. The van der Waals surface area contributed by atoms with E-state index in [4.69, 9.17) is 5.11 Å². The number of hydrogen-bond acceptors (Lipinski definition) is 2. The zero-order valence-corrected chi connectivity index (χ0v) is 6.46. The van der Waals surface area contributed by atoms with Crippen LogP contribution in [0.3, 0.4) is 0 Å². The van der Waals surface area contributed by atoms with Gasteiger partial charge in [0, 0.05) is 6.20 Å². The number of aromatic carboxylic acids is 1. The standard InChI is InChI=1S/C7H8BNO2/c1-4-2-5(8)3-9-6(4)7(10)11/h2-3H,8H2,1H3,(H,10,11). The smallest absolute Gasteiger partial charge is 0.354 e. The lowest BCUT2D eigenvalue weighted by molar-refractivity contribution is 0.0689. The Labute approximate surface area is 65.5 Å². The maximum atomic E-state index is 10.5. The monoisotopic (exact) mass is 149 g/mol. The fraction of sp³-hybridized carbons (Fsp3) is 0.143. The minimum Gasteiger partial charge on any atom is -0.477 e. The number of carboxylic acids is 1. The van der Waals surface area contributed by atoms with E-state index in [1.165, 1.54) is 0 Å². The molecule has 1 aromatic heterocycles. The normalized spacial score (nSPS) is 9.55. The van der Waals surface area contributed by atoms with Crippen molar-refractivity contribution in [1.82, 2.24) is 4.98 Å². The van der Waals surface area contributed by atoms with Crippen molar-refractivity contribution in [2.75, 3.05) is 0 Å². The third-order valence-corrected chi connectivity index (χ3v) is 1.42. The zero-order chi connectivity index (χ0) is 8.43. The summed E-state index contributed by atoms with van der Waals surface area (Å²) >= 11 is 0. The summed E-state index contributed by atoms with van der Waals surface area (Å²) < 4.78 is 0. The van der Waals surface area contributed by atoms with Gasteiger partial charge in [-0.25, -0.2) is 9.78 Å². The van der Waals surface area contributed by atoms with Gasteiger partial charge in [0.25, 0.3) is 0 Å². The molecule has 0 aliphatic heterocycles. The van der Waals surface area contributed by atoms with Crippen molar-refractivity contribution < 1.29 is 9.90 Å². The van der Waals surface area contributed by atoms with Gasteiger partial charge in [0.05, 0.1) is 0 Å². The Hall–Kier alpha value is -1.32. The molecule has 11 heavy (non-hydrogen) atoms. The third-order valence-electron chi connectivity index (χ3n) is 1.42. The summed E-state index contributed by atoms with van der Waals surface area (Å²) in [4.78, 5) is 14.2. The van der Waals surface area contributed by atoms with Gasteiger partial charge in [-0.1, -0.05) is 11.5 Å². The number of aryl methyl sites for hydroxylation is 1. The minimum absolute atomic E-state index is 0.135. The highest BCUT2D eigenvalue weighted by Crippen LogP contribution is 1.99. The van der Waals surface area contributed by atoms with E-state index in [-0.39, 0.29) is 5.69 Å². The molecule has 0 aromatic carbocycles. The van der Waals surface area contributed by atoms with Crippen LogP contribution in [0.2, 0.25) is 0 Å². The zero-order valence-electron chi connectivity index (χ0n) is 6.46. The second kappa shape index (κ2) is 2.74. The van der Waals surface area contributed by atoms with E-state index in [9.17, 15) is 4.79 Å².